The van der Waals surface area contributed by atoms with Gasteiger partial charge in [-0.3, -0.25) is 4.79 Å². The number of aromatic amines is 1. The molecule has 2 heterocycles. The number of hydrogen-bond donors (Lipinski definition) is 2. The Labute approximate surface area is 168 Å². The number of aromatic nitrogens is 2. The molecule has 1 amide bonds. The number of aryl methyl sites for hydroxylation is 1. The van der Waals surface area contributed by atoms with E-state index in [2.05, 4.69) is 47.3 Å². The minimum atomic E-state index is 0.0331. The zero-order valence-electron chi connectivity index (χ0n) is 15.9. The predicted molar refractivity (Wildman–Crippen MR) is 113 cm³/mol. The molecule has 0 aliphatic heterocycles. The van der Waals surface area contributed by atoms with E-state index in [0.29, 0.717) is 11.7 Å². The first kappa shape index (κ1) is 19.7. The van der Waals surface area contributed by atoms with Crippen molar-refractivity contribution in [1.29, 1.82) is 0 Å². The van der Waals surface area contributed by atoms with Crippen molar-refractivity contribution in [2.24, 2.45) is 5.92 Å². The maximum absolute atomic E-state index is 12.4. The Balaban J connectivity index is 1.56. The molecule has 27 heavy (non-hydrogen) atoms. The zero-order valence-corrected chi connectivity index (χ0v) is 17.5. The van der Waals surface area contributed by atoms with Crippen LogP contribution in [0.4, 0.5) is 0 Å². The van der Waals surface area contributed by atoms with Crippen molar-refractivity contribution in [2.75, 3.05) is 5.75 Å². The molecule has 4 nitrogen and oxygen atoms in total. The number of thiophene rings is 1. The summed E-state index contributed by atoms with van der Waals surface area (Å²) >= 11 is 3.13. The SMILES string of the molecule is Cc1[nH]c(SCC(=O)NC(c2cccs2)C(C)C)nc1Cc1ccccc1. The van der Waals surface area contributed by atoms with Gasteiger partial charge in [-0.15, -0.1) is 11.3 Å². The third-order valence-electron chi connectivity index (χ3n) is 4.35. The van der Waals surface area contributed by atoms with Crippen LogP contribution in [0, 0.1) is 12.8 Å². The molecular weight excluding hydrogens is 374 g/mol. The van der Waals surface area contributed by atoms with Gasteiger partial charge in [-0.25, -0.2) is 4.98 Å². The maximum atomic E-state index is 12.4. The van der Waals surface area contributed by atoms with Gasteiger partial charge in [-0.2, -0.15) is 0 Å². The topological polar surface area (TPSA) is 57.8 Å². The van der Waals surface area contributed by atoms with Crippen molar-refractivity contribution in [1.82, 2.24) is 15.3 Å². The van der Waals surface area contributed by atoms with Gasteiger partial charge in [0.15, 0.2) is 5.16 Å². The summed E-state index contributed by atoms with van der Waals surface area (Å²) in [5, 5.41) is 6.00. The van der Waals surface area contributed by atoms with E-state index in [4.69, 9.17) is 0 Å². The van der Waals surface area contributed by atoms with Gasteiger partial charge in [-0.1, -0.05) is 62.0 Å². The van der Waals surface area contributed by atoms with Gasteiger partial charge in [0, 0.05) is 17.0 Å². The largest absolute Gasteiger partial charge is 0.347 e. The van der Waals surface area contributed by atoms with Gasteiger partial charge in [0.2, 0.25) is 5.91 Å². The molecule has 2 aromatic heterocycles. The molecule has 0 aliphatic rings. The minimum Gasteiger partial charge on any atom is -0.347 e. The standard InChI is InChI=1S/C21H25N3OS2/c1-14(2)20(18-10-7-11-26-18)24-19(25)13-27-21-22-15(3)17(23-21)12-16-8-5-4-6-9-16/h4-11,14,20H,12-13H2,1-3H3,(H,22,23)(H,24,25). The van der Waals surface area contributed by atoms with Crippen LogP contribution in [-0.4, -0.2) is 21.6 Å². The number of carbonyl (C=O) groups excluding carboxylic acids is 1. The fourth-order valence-corrected chi connectivity index (χ4v) is 4.58. The van der Waals surface area contributed by atoms with Crippen LogP contribution in [0.15, 0.2) is 53.0 Å². The lowest BCUT2D eigenvalue weighted by atomic mass is 10.0. The van der Waals surface area contributed by atoms with Gasteiger partial charge in [-0.05, 0) is 29.9 Å². The van der Waals surface area contributed by atoms with E-state index in [9.17, 15) is 4.79 Å². The van der Waals surface area contributed by atoms with Crippen LogP contribution in [0.25, 0.3) is 0 Å². The number of nitrogens with zero attached hydrogens (tertiary/aromatic N) is 1. The summed E-state index contributed by atoms with van der Waals surface area (Å²) < 4.78 is 0. The molecule has 2 N–H and O–H groups in total. The Morgan fingerprint density at radius 2 is 2.00 bits per heavy atom. The summed E-state index contributed by atoms with van der Waals surface area (Å²) in [5.41, 5.74) is 3.32. The molecule has 1 unspecified atom stereocenters. The molecule has 1 atom stereocenters. The maximum Gasteiger partial charge on any atom is 0.230 e. The lowest BCUT2D eigenvalue weighted by Crippen LogP contribution is -2.32. The fraction of sp³-hybridized carbons (Fsp3) is 0.333. The summed E-state index contributed by atoms with van der Waals surface area (Å²) in [6.07, 6.45) is 0.795. The van der Waals surface area contributed by atoms with E-state index in [0.717, 1.165) is 23.0 Å². The van der Waals surface area contributed by atoms with E-state index in [1.165, 1.54) is 22.2 Å². The Morgan fingerprint density at radius 3 is 2.67 bits per heavy atom. The fourth-order valence-electron chi connectivity index (χ4n) is 2.88. The second-order valence-corrected chi connectivity index (χ2v) is 8.81. The minimum absolute atomic E-state index is 0.0331. The van der Waals surface area contributed by atoms with Crippen LogP contribution >= 0.6 is 23.1 Å². The molecule has 0 bridgehead atoms. The lowest BCUT2D eigenvalue weighted by Gasteiger charge is -2.21. The Kier molecular flexibility index (Phi) is 6.74. The number of nitrogens with one attached hydrogen (secondary N) is 2. The zero-order chi connectivity index (χ0) is 19.2. The molecule has 0 saturated heterocycles. The van der Waals surface area contributed by atoms with Crippen LogP contribution in [-0.2, 0) is 11.2 Å². The van der Waals surface area contributed by atoms with Crippen LogP contribution in [0.2, 0.25) is 0 Å². The molecule has 142 valence electrons. The summed E-state index contributed by atoms with van der Waals surface area (Å²) in [5.74, 6) is 0.735. The molecule has 6 heteroatoms. The second kappa shape index (κ2) is 9.24. The highest BCUT2D eigenvalue weighted by Gasteiger charge is 2.19. The molecule has 3 aromatic rings. The van der Waals surface area contributed by atoms with Crippen LogP contribution in [0.1, 0.15) is 41.7 Å². The number of benzene rings is 1. The summed E-state index contributed by atoms with van der Waals surface area (Å²) in [4.78, 5) is 21.6. The molecule has 1 aromatic carbocycles. The third-order valence-corrected chi connectivity index (χ3v) is 6.18. The van der Waals surface area contributed by atoms with Gasteiger partial charge in [0.05, 0.1) is 17.5 Å². The van der Waals surface area contributed by atoms with Crippen molar-refractivity contribution < 1.29 is 4.79 Å². The van der Waals surface area contributed by atoms with Crippen LogP contribution < -0.4 is 5.32 Å². The van der Waals surface area contributed by atoms with Crippen molar-refractivity contribution in [3.8, 4) is 0 Å². The average Bonchev–Trinajstić information content (AvgIpc) is 3.29. The highest BCUT2D eigenvalue weighted by Crippen LogP contribution is 2.26. The van der Waals surface area contributed by atoms with Crippen molar-refractivity contribution in [3.05, 3.63) is 69.7 Å². The highest BCUT2D eigenvalue weighted by atomic mass is 32.2. The molecule has 0 aliphatic carbocycles. The average molecular weight is 400 g/mol. The van der Waals surface area contributed by atoms with Gasteiger partial charge >= 0.3 is 0 Å². The number of carbonyl (C=O) groups is 1. The normalized spacial score (nSPS) is 12.3. The molecule has 0 radical (unpaired) electrons. The van der Waals surface area contributed by atoms with Crippen molar-refractivity contribution in [3.63, 3.8) is 0 Å². The van der Waals surface area contributed by atoms with E-state index >= 15 is 0 Å². The van der Waals surface area contributed by atoms with Gasteiger partial charge in [0.25, 0.3) is 0 Å². The molecule has 0 spiro atoms. The quantitative estimate of drug-likeness (QED) is 0.526. The molecular formula is C21H25N3OS2. The molecule has 3 rings (SSSR count). The van der Waals surface area contributed by atoms with Gasteiger partial charge in [0.1, 0.15) is 0 Å². The lowest BCUT2D eigenvalue weighted by molar-refractivity contribution is -0.119. The number of rotatable bonds is 8. The monoisotopic (exact) mass is 399 g/mol. The molecule has 0 fully saturated rings. The first-order valence-electron chi connectivity index (χ1n) is 9.08. The summed E-state index contributed by atoms with van der Waals surface area (Å²) in [7, 11) is 0. The summed E-state index contributed by atoms with van der Waals surface area (Å²) in [6.45, 7) is 6.29. The predicted octanol–water partition coefficient (Wildman–Crippen LogP) is 4.98. The number of amides is 1. The smallest absolute Gasteiger partial charge is 0.230 e. The van der Waals surface area contributed by atoms with Crippen molar-refractivity contribution >= 4 is 29.0 Å². The van der Waals surface area contributed by atoms with Crippen molar-refractivity contribution in [2.45, 2.75) is 38.4 Å². The Morgan fingerprint density at radius 1 is 1.22 bits per heavy atom. The first-order chi connectivity index (χ1) is 13.0. The van der Waals surface area contributed by atoms with E-state index < -0.39 is 0 Å². The third kappa shape index (κ3) is 5.47. The molecule has 0 saturated carbocycles. The Hall–Kier alpha value is -2.05. The van der Waals surface area contributed by atoms with E-state index in [1.807, 2.05) is 36.6 Å². The number of imidazole rings is 1. The number of thioether (sulfide) groups is 1. The van der Waals surface area contributed by atoms with E-state index in [-0.39, 0.29) is 11.9 Å². The summed E-state index contributed by atoms with van der Waals surface area (Å²) in [6, 6.07) is 14.5. The van der Waals surface area contributed by atoms with Gasteiger partial charge < -0.3 is 10.3 Å². The first-order valence-corrected chi connectivity index (χ1v) is 10.9. The highest BCUT2D eigenvalue weighted by molar-refractivity contribution is 7.99. The number of hydrogen-bond acceptors (Lipinski definition) is 4. The van der Waals surface area contributed by atoms with Crippen LogP contribution in [0.5, 0.6) is 0 Å². The second-order valence-electron chi connectivity index (χ2n) is 6.87. The Bertz CT molecular complexity index is 857. The number of H-pyrrole nitrogens is 1. The van der Waals surface area contributed by atoms with E-state index in [1.54, 1.807) is 11.3 Å². The van der Waals surface area contributed by atoms with Crippen LogP contribution in [0.3, 0.4) is 0 Å².